The number of thiophene rings is 2. The number of benzene rings is 5. The van der Waals surface area contributed by atoms with Crippen LogP contribution in [0, 0.1) is 0 Å². The molecule has 0 atom stereocenters. The van der Waals surface area contributed by atoms with E-state index in [1.807, 2.05) is 22.7 Å². The summed E-state index contributed by atoms with van der Waals surface area (Å²) in [6.07, 6.45) is 0. The van der Waals surface area contributed by atoms with Gasteiger partial charge in [0.15, 0.2) is 0 Å². The van der Waals surface area contributed by atoms with Crippen LogP contribution in [0.2, 0.25) is 0 Å². The second-order valence-corrected chi connectivity index (χ2v) is 13.1. The SMILES string of the molecule is c1ccc(C2(c3ccccc3)c3cc4c(cc3-c3sccc32)C(c2ccccc2)(c2ccccc2)c2ccsc2-4)cc1. The zero-order chi connectivity index (χ0) is 27.7. The van der Waals surface area contributed by atoms with Gasteiger partial charge in [-0.3, -0.25) is 0 Å². The number of hydrogen-bond donors (Lipinski definition) is 0. The van der Waals surface area contributed by atoms with E-state index in [1.54, 1.807) is 0 Å². The quantitative estimate of drug-likeness (QED) is 0.197. The molecule has 5 aromatic carbocycles. The van der Waals surface area contributed by atoms with Crippen LogP contribution >= 0.6 is 22.7 Å². The molecule has 0 N–H and O–H groups in total. The third-order valence-corrected chi connectivity index (χ3v) is 11.3. The predicted molar refractivity (Wildman–Crippen MR) is 177 cm³/mol. The molecular weight excluding hydrogens is 545 g/mol. The zero-order valence-electron chi connectivity index (χ0n) is 22.8. The zero-order valence-corrected chi connectivity index (χ0v) is 24.5. The molecule has 2 aliphatic rings. The molecule has 0 amide bonds. The van der Waals surface area contributed by atoms with Crippen LogP contribution in [0.5, 0.6) is 0 Å². The molecule has 2 aliphatic carbocycles. The topological polar surface area (TPSA) is 0 Å². The number of hydrogen-bond acceptors (Lipinski definition) is 2. The fourth-order valence-electron chi connectivity index (χ4n) is 7.84. The van der Waals surface area contributed by atoms with E-state index in [1.165, 1.54) is 65.4 Å². The Morgan fingerprint density at radius 2 is 0.643 bits per heavy atom. The maximum Gasteiger partial charge on any atom is 0.0722 e. The molecule has 198 valence electrons. The van der Waals surface area contributed by atoms with Crippen LogP contribution in [-0.4, -0.2) is 0 Å². The van der Waals surface area contributed by atoms with Gasteiger partial charge in [-0.15, -0.1) is 22.7 Å². The first-order valence-electron chi connectivity index (χ1n) is 14.4. The van der Waals surface area contributed by atoms with E-state index in [4.69, 9.17) is 0 Å². The Labute approximate surface area is 254 Å². The summed E-state index contributed by atoms with van der Waals surface area (Å²) in [5.41, 5.74) is 12.8. The maximum atomic E-state index is 2.56. The second kappa shape index (κ2) is 9.00. The Morgan fingerprint density at radius 3 is 0.952 bits per heavy atom. The van der Waals surface area contributed by atoms with Crippen LogP contribution in [0.25, 0.3) is 20.9 Å². The van der Waals surface area contributed by atoms with Crippen molar-refractivity contribution < 1.29 is 0 Å². The van der Waals surface area contributed by atoms with Gasteiger partial charge in [0.05, 0.1) is 10.8 Å². The molecule has 2 heterocycles. The van der Waals surface area contributed by atoms with Gasteiger partial charge in [0.25, 0.3) is 0 Å². The van der Waals surface area contributed by atoms with Gasteiger partial charge < -0.3 is 0 Å². The minimum Gasteiger partial charge on any atom is -0.143 e. The standard InChI is InChI=1S/C40H26S2/c1-5-13-27(14-6-1)39(28-15-7-2-8-16-28)33-21-23-41-37(33)31-26-36-32(25-35(31)39)38-34(22-24-42-38)40(36,29-17-9-3-10-18-29)30-19-11-4-12-20-30/h1-26H. The van der Waals surface area contributed by atoms with Gasteiger partial charge in [0.2, 0.25) is 0 Å². The third kappa shape index (κ3) is 2.96. The minimum absolute atomic E-state index is 0.371. The van der Waals surface area contributed by atoms with E-state index >= 15 is 0 Å². The van der Waals surface area contributed by atoms with Crippen molar-refractivity contribution >= 4 is 22.7 Å². The Bertz CT molecular complexity index is 1830. The highest BCUT2D eigenvalue weighted by Gasteiger charge is 2.52. The van der Waals surface area contributed by atoms with Crippen molar-refractivity contribution in [2.24, 2.45) is 0 Å². The fraction of sp³-hybridized carbons (Fsp3) is 0.0500. The molecule has 0 fully saturated rings. The highest BCUT2D eigenvalue weighted by atomic mass is 32.1. The lowest BCUT2D eigenvalue weighted by atomic mass is 9.66. The van der Waals surface area contributed by atoms with Crippen LogP contribution in [0.4, 0.5) is 0 Å². The molecule has 0 saturated heterocycles. The fourth-order valence-corrected chi connectivity index (χ4v) is 9.81. The van der Waals surface area contributed by atoms with Gasteiger partial charge in [-0.2, -0.15) is 0 Å². The molecule has 0 aliphatic heterocycles. The van der Waals surface area contributed by atoms with Gasteiger partial charge in [-0.05, 0) is 90.7 Å². The van der Waals surface area contributed by atoms with Gasteiger partial charge in [-0.1, -0.05) is 121 Å². The molecule has 9 rings (SSSR count). The van der Waals surface area contributed by atoms with Crippen molar-refractivity contribution in [2.45, 2.75) is 10.8 Å². The van der Waals surface area contributed by atoms with Crippen molar-refractivity contribution in [3.05, 3.63) is 201 Å². The Balaban J connectivity index is 1.44. The highest BCUT2D eigenvalue weighted by Crippen LogP contribution is 2.64. The van der Waals surface area contributed by atoms with E-state index in [0.717, 1.165) is 0 Å². The molecule has 2 heteroatoms. The lowest BCUT2D eigenvalue weighted by Crippen LogP contribution is -2.29. The summed E-state index contributed by atoms with van der Waals surface area (Å²) < 4.78 is 0. The molecule has 42 heavy (non-hydrogen) atoms. The Kier molecular flexibility index (Phi) is 5.17. The first-order valence-corrected chi connectivity index (χ1v) is 16.2. The van der Waals surface area contributed by atoms with Crippen LogP contribution in [0.3, 0.4) is 0 Å². The smallest absolute Gasteiger partial charge is 0.0722 e. The molecule has 2 aromatic heterocycles. The van der Waals surface area contributed by atoms with Gasteiger partial charge in [-0.25, -0.2) is 0 Å². The summed E-state index contributed by atoms with van der Waals surface area (Å²) >= 11 is 3.74. The molecule has 0 saturated carbocycles. The third-order valence-electron chi connectivity index (χ3n) is 9.42. The lowest BCUT2D eigenvalue weighted by Gasteiger charge is -2.35. The van der Waals surface area contributed by atoms with Crippen LogP contribution in [-0.2, 0) is 10.8 Å². The number of rotatable bonds is 4. The Morgan fingerprint density at radius 1 is 0.333 bits per heavy atom. The first kappa shape index (κ1) is 24.1. The van der Waals surface area contributed by atoms with E-state index in [9.17, 15) is 0 Å². The molecule has 0 spiro atoms. The van der Waals surface area contributed by atoms with Crippen molar-refractivity contribution in [3.63, 3.8) is 0 Å². The normalized spacial score (nSPS) is 15.0. The molecule has 7 aromatic rings. The van der Waals surface area contributed by atoms with E-state index in [2.05, 4.69) is 156 Å². The molecule has 0 nitrogen and oxygen atoms in total. The molecule has 0 bridgehead atoms. The molecule has 0 radical (unpaired) electrons. The van der Waals surface area contributed by atoms with E-state index in [0.29, 0.717) is 0 Å². The maximum absolute atomic E-state index is 2.56. The largest absolute Gasteiger partial charge is 0.143 e. The summed E-state index contributed by atoms with van der Waals surface area (Å²) in [5.74, 6) is 0. The number of fused-ring (bicyclic) bond motifs is 6. The van der Waals surface area contributed by atoms with Crippen molar-refractivity contribution in [1.82, 2.24) is 0 Å². The Hall–Kier alpha value is -4.50. The molecular formula is C40H26S2. The summed E-state index contributed by atoms with van der Waals surface area (Å²) in [5, 5.41) is 4.56. The van der Waals surface area contributed by atoms with Crippen molar-refractivity contribution in [3.8, 4) is 20.9 Å². The summed E-state index contributed by atoms with van der Waals surface area (Å²) in [7, 11) is 0. The lowest BCUT2D eigenvalue weighted by molar-refractivity contribution is 0.760. The molecule has 0 unspecified atom stereocenters. The van der Waals surface area contributed by atoms with Gasteiger partial charge >= 0.3 is 0 Å². The van der Waals surface area contributed by atoms with Crippen LogP contribution in [0.1, 0.15) is 44.5 Å². The van der Waals surface area contributed by atoms with Gasteiger partial charge in [0.1, 0.15) is 0 Å². The summed E-state index contributed by atoms with van der Waals surface area (Å²) in [4.78, 5) is 2.76. The average Bonchev–Trinajstić information content (AvgIpc) is 3.84. The summed E-state index contributed by atoms with van der Waals surface area (Å²) in [6, 6.07) is 54.3. The van der Waals surface area contributed by atoms with Gasteiger partial charge in [0, 0.05) is 9.75 Å². The van der Waals surface area contributed by atoms with Crippen LogP contribution in [0.15, 0.2) is 156 Å². The van der Waals surface area contributed by atoms with Crippen molar-refractivity contribution in [1.29, 1.82) is 0 Å². The van der Waals surface area contributed by atoms with E-state index < -0.39 is 0 Å². The predicted octanol–water partition coefficient (Wildman–Crippen LogP) is 10.5. The minimum atomic E-state index is -0.371. The monoisotopic (exact) mass is 570 g/mol. The summed E-state index contributed by atoms with van der Waals surface area (Å²) in [6.45, 7) is 0. The van der Waals surface area contributed by atoms with Crippen LogP contribution < -0.4 is 0 Å². The second-order valence-electron chi connectivity index (χ2n) is 11.2. The van der Waals surface area contributed by atoms with Crippen molar-refractivity contribution in [2.75, 3.05) is 0 Å². The average molecular weight is 571 g/mol. The highest BCUT2D eigenvalue weighted by molar-refractivity contribution is 7.14. The van der Waals surface area contributed by atoms with E-state index in [-0.39, 0.29) is 10.8 Å². The first-order chi connectivity index (χ1) is 20.8.